The van der Waals surface area contributed by atoms with Crippen molar-refractivity contribution < 1.29 is 14.3 Å². The molecular weight excluding hydrogens is 242 g/mol. The Labute approximate surface area is 115 Å². The monoisotopic (exact) mass is 265 g/mol. The second kappa shape index (κ2) is 7.79. The average molecular weight is 265 g/mol. The van der Waals surface area contributed by atoms with Crippen molar-refractivity contribution in [3.8, 4) is 5.75 Å². The molecule has 0 spiro atoms. The van der Waals surface area contributed by atoms with Gasteiger partial charge in [-0.2, -0.15) is 0 Å². The van der Waals surface area contributed by atoms with E-state index in [4.69, 9.17) is 9.47 Å². The number of benzene rings is 1. The summed E-state index contributed by atoms with van der Waals surface area (Å²) in [7, 11) is 3.26. The van der Waals surface area contributed by atoms with Gasteiger partial charge in [-0.15, -0.1) is 0 Å². The summed E-state index contributed by atoms with van der Waals surface area (Å²) in [4.78, 5) is 14.2. The summed E-state index contributed by atoms with van der Waals surface area (Å²) in [5.41, 5.74) is 0.678. The first-order valence-electron chi connectivity index (χ1n) is 6.50. The van der Waals surface area contributed by atoms with Crippen LogP contribution < -0.4 is 4.74 Å². The molecule has 0 saturated carbocycles. The van der Waals surface area contributed by atoms with E-state index in [2.05, 4.69) is 13.8 Å². The van der Waals surface area contributed by atoms with E-state index in [0.29, 0.717) is 24.6 Å². The molecule has 1 rings (SSSR count). The Hall–Kier alpha value is -1.55. The molecule has 0 heterocycles. The molecule has 4 nitrogen and oxygen atoms in total. The van der Waals surface area contributed by atoms with E-state index in [0.717, 1.165) is 12.3 Å². The Morgan fingerprint density at radius 1 is 1.21 bits per heavy atom. The zero-order valence-corrected chi connectivity index (χ0v) is 12.2. The maximum absolute atomic E-state index is 12.4. The third-order valence-corrected chi connectivity index (χ3v) is 2.78. The van der Waals surface area contributed by atoms with Crippen LogP contribution in [0.3, 0.4) is 0 Å². The van der Waals surface area contributed by atoms with Crippen molar-refractivity contribution in [2.45, 2.75) is 13.8 Å². The van der Waals surface area contributed by atoms with Gasteiger partial charge in [0.15, 0.2) is 0 Å². The second-order valence-electron chi connectivity index (χ2n) is 4.87. The molecule has 0 aromatic heterocycles. The fraction of sp³-hybridized carbons (Fsp3) is 0.533. The second-order valence-corrected chi connectivity index (χ2v) is 4.87. The topological polar surface area (TPSA) is 38.8 Å². The summed E-state index contributed by atoms with van der Waals surface area (Å²) in [6, 6.07) is 7.19. The molecule has 1 aromatic rings. The number of carbonyl (C=O) groups is 1. The average Bonchev–Trinajstić information content (AvgIpc) is 2.42. The Morgan fingerprint density at radius 3 is 2.32 bits per heavy atom. The van der Waals surface area contributed by atoms with E-state index in [-0.39, 0.29) is 5.91 Å². The molecule has 0 saturated heterocycles. The highest BCUT2D eigenvalue weighted by Crippen LogP contribution is 2.14. The summed E-state index contributed by atoms with van der Waals surface area (Å²) >= 11 is 0. The SMILES string of the molecule is COCCN(CC(C)C)C(=O)c1ccc(OC)cc1. The van der Waals surface area contributed by atoms with Crippen LogP contribution in [0, 0.1) is 5.92 Å². The lowest BCUT2D eigenvalue weighted by molar-refractivity contribution is 0.0672. The van der Waals surface area contributed by atoms with Crippen molar-refractivity contribution in [3.05, 3.63) is 29.8 Å². The first-order chi connectivity index (χ1) is 9.08. The Bertz CT molecular complexity index is 387. The van der Waals surface area contributed by atoms with Crippen molar-refractivity contribution in [3.63, 3.8) is 0 Å². The molecule has 4 heteroatoms. The van der Waals surface area contributed by atoms with Gasteiger partial charge in [0.25, 0.3) is 5.91 Å². The highest BCUT2D eigenvalue weighted by atomic mass is 16.5. The minimum Gasteiger partial charge on any atom is -0.497 e. The lowest BCUT2D eigenvalue weighted by atomic mass is 10.1. The molecule has 0 aliphatic heterocycles. The van der Waals surface area contributed by atoms with Gasteiger partial charge in [0, 0.05) is 25.8 Å². The van der Waals surface area contributed by atoms with Crippen molar-refractivity contribution in [1.82, 2.24) is 4.90 Å². The number of rotatable bonds is 7. The van der Waals surface area contributed by atoms with Crippen LogP contribution in [0.4, 0.5) is 0 Å². The molecule has 1 amide bonds. The quantitative estimate of drug-likeness (QED) is 0.760. The van der Waals surface area contributed by atoms with Crippen LogP contribution in [-0.2, 0) is 4.74 Å². The van der Waals surface area contributed by atoms with E-state index in [9.17, 15) is 4.79 Å². The molecule has 0 unspecified atom stereocenters. The van der Waals surface area contributed by atoms with E-state index in [1.807, 2.05) is 4.90 Å². The first-order valence-corrected chi connectivity index (χ1v) is 6.50. The smallest absolute Gasteiger partial charge is 0.253 e. The van der Waals surface area contributed by atoms with Crippen molar-refractivity contribution in [2.75, 3.05) is 33.9 Å². The number of hydrogen-bond acceptors (Lipinski definition) is 3. The number of methoxy groups -OCH3 is 2. The van der Waals surface area contributed by atoms with Gasteiger partial charge >= 0.3 is 0 Å². The maximum atomic E-state index is 12.4. The normalized spacial score (nSPS) is 10.6. The predicted octanol–water partition coefficient (Wildman–Crippen LogP) is 2.44. The lowest BCUT2D eigenvalue weighted by Gasteiger charge is -2.24. The van der Waals surface area contributed by atoms with Crippen LogP contribution in [0.25, 0.3) is 0 Å². The van der Waals surface area contributed by atoms with Gasteiger partial charge in [-0.3, -0.25) is 4.79 Å². The summed E-state index contributed by atoms with van der Waals surface area (Å²) in [6.07, 6.45) is 0. The molecular formula is C15H23NO3. The van der Waals surface area contributed by atoms with Gasteiger partial charge in [-0.1, -0.05) is 13.8 Å². The molecule has 1 aromatic carbocycles. The molecule has 0 aliphatic carbocycles. The number of nitrogens with zero attached hydrogens (tertiary/aromatic N) is 1. The summed E-state index contributed by atoms with van der Waals surface area (Å²) < 4.78 is 10.2. The van der Waals surface area contributed by atoms with E-state index >= 15 is 0 Å². The minimum atomic E-state index is 0.0356. The Kier molecular flexibility index (Phi) is 6.36. The van der Waals surface area contributed by atoms with Crippen LogP contribution in [0.1, 0.15) is 24.2 Å². The number of carbonyl (C=O) groups excluding carboxylic acids is 1. The van der Waals surface area contributed by atoms with Gasteiger partial charge in [-0.05, 0) is 30.2 Å². The molecule has 106 valence electrons. The molecule has 0 N–H and O–H groups in total. The van der Waals surface area contributed by atoms with Crippen LogP contribution in [-0.4, -0.2) is 44.7 Å². The number of hydrogen-bond donors (Lipinski definition) is 0. The zero-order chi connectivity index (χ0) is 14.3. The van der Waals surface area contributed by atoms with Gasteiger partial charge in [0.2, 0.25) is 0 Å². The molecule has 0 bridgehead atoms. The molecule has 0 fully saturated rings. The maximum Gasteiger partial charge on any atom is 0.253 e. The third-order valence-electron chi connectivity index (χ3n) is 2.78. The van der Waals surface area contributed by atoms with Crippen LogP contribution in [0.5, 0.6) is 5.75 Å². The summed E-state index contributed by atoms with van der Waals surface area (Å²) in [6.45, 7) is 6.09. The van der Waals surface area contributed by atoms with Gasteiger partial charge < -0.3 is 14.4 Å². The van der Waals surface area contributed by atoms with E-state index in [1.165, 1.54) is 0 Å². The van der Waals surface area contributed by atoms with E-state index in [1.54, 1.807) is 38.5 Å². The molecule has 19 heavy (non-hydrogen) atoms. The highest BCUT2D eigenvalue weighted by Gasteiger charge is 2.16. The molecule has 0 aliphatic rings. The summed E-state index contributed by atoms with van der Waals surface area (Å²) in [5, 5.41) is 0. The third kappa shape index (κ3) is 4.91. The Morgan fingerprint density at radius 2 is 1.84 bits per heavy atom. The molecule has 0 atom stereocenters. The summed E-state index contributed by atoms with van der Waals surface area (Å²) in [5.74, 6) is 1.22. The largest absolute Gasteiger partial charge is 0.497 e. The van der Waals surface area contributed by atoms with Crippen molar-refractivity contribution in [2.24, 2.45) is 5.92 Å². The zero-order valence-electron chi connectivity index (χ0n) is 12.2. The fourth-order valence-corrected chi connectivity index (χ4v) is 1.83. The van der Waals surface area contributed by atoms with Gasteiger partial charge in [0.1, 0.15) is 5.75 Å². The fourth-order valence-electron chi connectivity index (χ4n) is 1.83. The lowest BCUT2D eigenvalue weighted by Crippen LogP contribution is -2.36. The highest BCUT2D eigenvalue weighted by molar-refractivity contribution is 5.94. The number of ether oxygens (including phenoxy) is 2. The predicted molar refractivity (Wildman–Crippen MR) is 75.6 cm³/mol. The minimum absolute atomic E-state index is 0.0356. The van der Waals surface area contributed by atoms with Crippen LogP contribution >= 0.6 is 0 Å². The van der Waals surface area contributed by atoms with Crippen molar-refractivity contribution >= 4 is 5.91 Å². The first kappa shape index (κ1) is 15.5. The van der Waals surface area contributed by atoms with Gasteiger partial charge in [-0.25, -0.2) is 0 Å². The van der Waals surface area contributed by atoms with Gasteiger partial charge in [0.05, 0.1) is 13.7 Å². The molecule has 0 radical (unpaired) electrons. The number of amides is 1. The standard InChI is InChI=1S/C15H23NO3/c1-12(2)11-16(9-10-18-3)15(17)13-5-7-14(19-4)8-6-13/h5-8,12H,9-11H2,1-4H3. The Balaban J connectivity index is 2.78. The van der Waals surface area contributed by atoms with E-state index < -0.39 is 0 Å². The van der Waals surface area contributed by atoms with Crippen LogP contribution in [0.15, 0.2) is 24.3 Å². The van der Waals surface area contributed by atoms with Crippen LogP contribution in [0.2, 0.25) is 0 Å². The van der Waals surface area contributed by atoms with Crippen molar-refractivity contribution in [1.29, 1.82) is 0 Å².